The summed E-state index contributed by atoms with van der Waals surface area (Å²) in [5.74, 6) is -0.792. The maximum atomic E-state index is 11.9. The van der Waals surface area contributed by atoms with Crippen molar-refractivity contribution < 1.29 is 19.2 Å². The summed E-state index contributed by atoms with van der Waals surface area (Å²) in [5, 5.41) is 20.1. The summed E-state index contributed by atoms with van der Waals surface area (Å²) in [5.41, 5.74) is 0.704. The van der Waals surface area contributed by atoms with Crippen molar-refractivity contribution in [1.29, 1.82) is 5.26 Å². The van der Waals surface area contributed by atoms with Crippen LogP contribution in [-0.4, -0.2) is 30.7 Å². The first-order valence-electron chi connectivity index (χ1n) is 7.01. The minimum absolute atomic E-state index is 0.0420. The Morgan fingerprint density at radius 2 is 2.22 bits per heavy atom. The molecule has 0 saturated heterocycles. The van der Waals surface area contributed by atoms with Gasteiger partial charge in [0.05, 0.1) is 11.5 Å². The van der Waals surface area contributed by atoms with Gasteiger partial charge in [0, 0.05) is 18.7 Å². The van der Waals surface area contributed by atoms with Crippen LogP contribution in [0.2, 0.25) is 0 Å². The molecule has 1 aromatic rings. The van der Waals surface area contributed by atoms with Crippen LogP contribution in [0.4, 0.5) is 5.69 Å². The molecule has 0 spiro atoms. The van der Waals surface area contributed by atoms with Gasteiger partial charge < -0.3 is 9.47 Å². The summed E-state index contributed by atoms with van der Waals surface area (Å²) >= 11 is 0. The molecular formula is C16H18N2O5. The predicted octanol–water partition coefficient (Wildman–Crippen LogP) is 2.64. The Morgan fingerprint density at radius 3 is 2.74 bits per heavy atom. The summed E-state index contributed by atoms with van der Waals surface area (Å²) in [4.78, 5) is 22.5. The molecule has 7 heteroatoms. The Bertz CT molecular complexity index is 661. The highest BCUT2D eigenvalue weighted by atomic mass is 16.6. The fourth-order valence-corrected chi connectivity index (χ4v) is 1.96. The molecule has 0 heterocycles. The molecule has 1 atom stereocenters. The highest BCUT2D eigenvalue weighted by molar-refractivity contribution is 5.98. The van der Waals surface area contributed by atoms with E-state index in [0.717, 1.165) is 0 Å². The lowest BCUT2D eigenvalue weighted by atomic mass is 10.1. The van der Waals surface area contributed by atoms with E-state index >= 15 is 0 Å². The fourth-order valence-electron chi connectivity index (χ4n) is 1.96. The van der Waals surface area contributed by atoms with E-state index in [0.29, 0.717) is 17.5 Å². The summed E-state index contributed by atoms with van der Waals surface area (Å²) in [6.07, 6.45) is 1.29. The number of hydrogen-bond acceptors (Lipinski definition) is 6. The van der Waals surface area contributed by atoms with E-state index in [2.05, 4.69) is 0 Å². The van der Waals surface area contributed by atoms with Crippen molar-refractivity contribution in [3.63, 3.8) is 0 Å². The largest absolute Gasteiger partial charge is 0.456 e. The molecule has 0 bridgehead atoms. The molecule has 0 unspecified atom stereocenters. The van der Waals surface area contributed by atoms with Gasteiger partial charge in [-0.05, 0) is 25.0 Å². The van der Waals surface area contributed by atoms with Crippen LogP contribution in [0.15, 0.2) is 23.8 Å². The van der Waals surface area contributed by atoms with Gasteiger partial charge >= 0.3 is 5.97 Å². The third kappa shape index (κ3) is 5.20. The SMILES string of the molecule is CCc1ccc(/C=C(\C#N)C(=O)O[C@H](C)COC)cc1[N+](=O)[O-]. The van der Waals surface area contributed by atoms with E-state index in [-0.39, 0.29) is 17.9 Å². The number of nitro groups is 1. The molecule has 7 nitrogen and oxygen atoms in total. The predicted molar refractivity (Wildman–Crippen MR) is 83.5 cm³/mol. The topological polar surface area (TPSA) is 102 Å². The second-order valence-corrected chi connectivity index (χ2v) is 4.84. The van der Waals surface area contributed by atoms with Crippen LogP contribution in [-0.2, 0) is 20.7 Å². The van der Waals surface area contributed by atoms with E-state index in [4.69, 9.17) is 14.7 Å². The number of nitro benzene ring substituents is 1. The minimum Gasteiger partial charge on any atom is -0.456 e. The van der Waals surface area contributed by atoms with Gasteiger partial charge in [-0.3, -0.25) is 10.1 Å². The van der Waals surface area contributed by atoms with E-state index in [1.807, 2.05) is 6.92 Å². The van der Waals surface area contributed by atoms with Gasteiger partial charge in [-0.25, -0.2) is 4.79 Å². The summed E-state index contributed by atoms with van der Waals surface area (Å²) in [7, 11) is 1.47. The average Bonchev–Trinajstić information content (AvgIpc) is 2.52. The molecule has 122 valence electrons. The summed E-state index contributed by atoms with van der Waals surface area (Å²) in [6.45, 7) is 3.66. The van der Waals surface area contributed by atoms with Crippen LogP contribution in [0.1, 0.15) is 25.0 Å². The number of rotatable bonds is 7. The molecule has 0 aliphatic carbocycles. The van der Waals surface area contributed by atoms with Crippen molar-refractivity contribution in [2.24, 2.45) is 0 Å². The number of benzene rings is 1. The molecule has 0 saturated carbocycles. The van der Waals surface area contributed by atoms with E-state index in [9.17, 15) is 14.9 Å². The average molecular weight is 318 g/mol. The number of methoxy groups -OCH3 is 1. The van der Waals surface area contributed by atoms with Gasteiger partial charge in [0.15, 0.2) is 0 Å². The maximum absolute atomic E-state index is 11.9. The van der Waals surface area contributed by atoms with Gasteiger partial charge in [0.25, 0.3) is 5.69 Å². The van der Waals surface area contributed by atoms with Crippen molar-refractivity contribution in [2.45, 2.75) is 26.4 Å². The maximum Gasteiger partial charge on any atom is 0.349 e. The molecule has 1 rings (SSSR count). The molecule has 0 N–H and O–H groups in total. The summed E-state index contributed by atoms with van der Waals surface area (Å²) < 4.78 is 9.90. The lowest BCUT2D eigenvalue weighted by molar-refractivity contribution is -0.385. The second-order valence-electron chi connectivity index (χ2n) is 4.84. The number of carbonyl (C=O) groups excluding carboxylic acids is 1. The Kier molecular flexibility index (Phi) is 6.90. The monoisotopic (exact) mass is 318 g/mol. The second kappa shape index (κ2) is 8.66. The van der Waals surface area contributed by atoms with Gasteiger partial charge in [0.1, 0.15) is 17.7 Å². The third-order valence-corrected chi connectivity index (χ3v) is 3.05. The van der Waals surface area contributed by atoms with Gasteiger partial charge in [0.2, 0.25) is 0 Å². The van der Waals surface area contributed by atoms with Gasteiger partial charge in [-0.2, -0.15) is 5.26 Å². The number of esters is 1. The quantitative estimate of drug-likeness (QED) is 0.252. The first-order chi connectivity index (χ1) is 10.9. The number of nitriles is 1. The highest BCUT2D eigenvalue weighted by Crippen LogP contribution is 2.22. The lowest BCUT2D eigenvalue weighted by Gasteiger charge is -2.11. The Hall–Kier alpha value is -2.72. The zero-order chi connectivity index (χ0) is 17.4. The van der Waals surface area contributed by atoms with Crippen molar-refractivity contribution in [2.75, 3.05) is 13.7 Å². The number of ether oxygens (including phenoxy) is 2. The van der Waals surface area contributed by atoms with Crippen LogP contribution >= 0.6 is 0 Å². The molecule has 0 fully saturated rings. The van der Waals surface area contributed by atoms with Crippen molar-refractivity contribution in [1.82, 2.24) is 0 Å². The molecule has 1 aromatic carbocycles. The lowest BCUT2D eigenvalue weighted by Crippen LogP contribution is -2.20. The van der Waals surface area contributed by atoms with Crippen LogP contribution in [0.5, 0.6) is 0 Å². The molecule has 0 aromatic heterocycles. The Morgan fingerprint density at radius 1 is 1.52 bits per heavy atom. The third-order valence-electron chi connectivity index (χ3n) is 3.05. The summed E-state index contributed by atoms with van der Waals surface area (Å²) in [6, 6.07) is 6.32. The standard InChI is InChI=1S/C16H18N2O5/c1-4-13-6-5-12(8-15(13)18(20)21)7-14(9-17)16(19)23-11(2)10-22-3/h5-8,11H,4,10H2,1-3H3/b14-7+/t11-/m1/s1. The van der Waals surface area contributed by atoms with Gasteiger partial charge in [-0.1, -0.05) is 19.1 Å². The molecule has 23 heavy (non-hydrogen) atoms. The van der Waals surface area contributed by atoms with Crippen molar-refractivity contribution in [3.05, 3.63) is 45.0 Å². The zero-order valence-electron chi connectivity index (χ0n) is 13.2. The molecule has 0 aliphatic heterocycles. The molecule has 0 radical (unpaired) electrons. The van der Waals surface area contributed by atoms with Crippen LogP contribution in [0, 0.1) is 21.4 Å². The van der Waals surface area contributed by atoms with Crippen LogP contribution < -0.4 is 0 Å². The zero-order valence-corrected chi connectivity index (χ0v) is 13.2. The first-order valence-corrected chi connectivity index (χ1v) is 7.01. The van der Waals surface area contributed by atoms with Crippen molar-refractivity contribution in [3.8, 4) is 6.07 Å². The number of carbonyl (C=O) groups is 1. The Balaban J connectivity index is 3.07. The number of hydrogen-bond donors (Lipinski definition) is 0. The molecule has 0 aliphatic rings. The fraction of sp³-hybridized carbons (Fsp3) is 0.375. The highest BCUT2D eigenvalue weighted by Gasteiger charge is 2.17. The van der Waals surface area contributed by atoms with Crippen molar-refractivity contribution >= 4 is 17.7 Å². The molecular weight excluding hydrogens is 300 g/mol. The minimum atomic E-state index is -0.792. The van der Waals surface area contributed by atoms with E-state index < -0.39 is 17.0 Å². The van der Waals surface area contributed by atoms with Crippen LogP contribution in [0.3, 0.4) is 0 Å². The molecule has 0 amide bonds. The van der Waals surface area contributed by atoms with E-state index in [1.54, 1.807) is 25.1 Å². The smallest absolute Gasteiger partial charge is 0.349 e. The van der Waals surface area contributed by atoms with E-state index in [1.165, 1.54) is 19.3 Å². The Labute approximate surface area is 134 Å². The number of nitrogens with zero attached hydrogens (tertiary/aromatic N) is 2. The normalized spacial score (nSPS) is 12.3. The van der Waals surface area contributed by atoms with Gasteiger partial charge in [-0.15, -0.1) is 0 Å². The van der Waals surface area contributed by atoms with Crippen LogP contribution in [0.25, 0.3) is 6.08 Å². The first kappa shape index (κ1) is 18.3. The number of aryl methyl sites for hydroxylation is 1.